The van der Waals surface area contributed by atoms with E-state index in [1.165, 1.54) is 36.4 Å². The van der Waals surface area contributed by atoms with E-state index in [9.17, 15) is 13.6 Å². The minimum Gasteiger partial charge on any atom is -0.458 e. The quantitative estimate of drug-likeness (QED) is 0.587. The minimum absolute atomic E-state index is 0.00444. The Morgan fingerprint density at radius 3 is 2.30 bits per heavy atom. The molecule has 0 aliphatic rings. The molecular weight excluding hydrogens is 302 g/mol. The van der Waals surface area contributed by atoms with Crippen molar-refractivity contribution in [1.82, 2.24) is 0 Å². The molecule has 0 saturated carbocycles. The van der Waals surface area contributed by atoms with Gasteiger partial charge in [0.05, 0.1) is 5.56 Å². The highest BCUT2D eigenvalue weighted by molar-refractivity contribution is 5.81. The van der Waals surface area contributed by atoms with Crippen LogP contribution in [0.2, 0.25) is 0 Å². The number of esters is 1. The van der Waals surface area contributed by atoms with Crippen molar-refractivity contribution in [2.45, 2.75) is 19.6 Å². The smallest absolute Gasteiger partial charge is 0.426 e. The van der Waals surface area contributed by atoms with Gasteiger partial charge in [0, 0.05) is 6.08 Å². The van der Waals surface area contributed by atoms with Crippen molar-refractivity contribution in [1.29, 1.82) is 0 Å². The summed E-state index contributed by atoms with van der Waals surface area (Å²) in [6, 6.07) is 11.8. The number of rotatable bonds is 6. The first-order valence-electron chi connectivity index (χ1n) is 6.93. The third-order valence-corrected chi connectivity index (χ3v) is 3.10. The van der Waals surface area contributed by atoms with E-state index < -0.39 is 12.1 Å². The fourth-order valence-electron chi connectivity index (χ4n) is 1.82. The molecule has 5 heteroatoms. The van der Waals surface area contributed by atoms with Gasteiger partial charge in [0.25, 0.3) is 0 Å². The molecule has 120 valence electrons. The summed E-state index contributed by atoms with van der Waals surface area (Å²) in [7, 11) is 0. The van der Waals surface area contributed by atoms with E-state index in [4.69, 9.17) is 9.47 Å². The van der Waals surface area contributed by atoms with E-state index >= 15 is 0 Å². The summed E-state index contributed by atoms with van der Waals surface area (Å²) >= 11 is 0. The summed E-state index contributed by atoms with van der Waals surface area (Å²) in [5.41, 5.74) is 1.27. The first-order chi connectivity index (χ1) is 10.9. The summed E-state index contributed by atoms with van der Waals surface area (Å²) in [6.45, 7) is 5.13. The number of hydrogen-bond donors (Lipinski definition) is 0. The molecule has 0 aromatic heterocycles. The molecule has 2 aromatic rings. The number of aryl methyl sites for hydroxylation is 1. The van der Waals surface area contributed by atoms with E-state index in [0.29, 0.717) is 5.56 Å². The third-order valence-electron chi connectivity index (χ3n) is 3.10. The third kappa shape index (κ3) is 4.64. The molecule has 0 spiro atoms. The maximum atomic E-state index is 14.1. The van der Waals surface area contributed by atoms with Gasteiger partial charge in [0.15, 0.2) is 0 Å². The second kappa shape index (κ2) is 7.05. The molecule has 3 nitrogen and oxygen atoms in total. The highest BCUT2D eigenvalue weighted by Gasteiger charge is 2.34. The minimum atomic E-state index is -3.45. The van der Waals surface area contributed by atoms with Crippen molar-refractivity contribution in [2.75, 3.05) is 0 Å². The SMILES string of the molecule is C=CC(=O)OCc1ccc(C(F)(F)Oc2ccc(C)cc2)cc1. The highest BCUT2D eigenvalue weighted by atomic mass is 19.3. The van der Waals surface area contributed by atoms with Gasteiger partial charge in [-0.05, 0) is 36.8 Å². The van der Waals surface area contributed by atoms with Gasteiger partial charge in [-0.2, -0.15) is 8.78 Å². The fraction of sp³-hybridized carbons (Fsp3) is 0.167. The van der Waals surface area contributed by atoms with Crippen LogP contribution < -0.4 is 4.74 Å². The zero-order valence-electron chi connectivity index (χ0n) is 12.6. The molecule has 0 saturated heterocycles. The number of hydrogen-bond acceptors (Lipinski definition) is 3. The molecule has 0 bridgehead atoms. The first-order valence-corrected chi connectivity index (χ1v) is 6.93. The lowest BCUT2D eigenvalue weighted by molar-refractivity contribution is -0.185. The van der Waals surface area contributed by atoms with Crippen LogP contribution in [0.3, 0.4) is 0 Å². The van der Waals surface area contributed by atoms with Crippen molar-refractivity contribution in [3.05, 3.63) is 77.9 Å². The second-order valence-electron chi connectivity index (χ2n) is 4.94. The van der Waals surface area contributed by atoms with Gasteiger partial charge in [-0.3, -0.25) is 0 Å². The monoisotopic (exact) mass is 318 g/mol. The topological polar surface area (TPSA) is 35.5 Å². The average molecular weight is 318 g/mol. The van der Waals surface area contributed by atoms with E-state index in [-0.39, 0.29) is 17.9 Å². The van der Waals surface area contributed by atoms with Gasteiger partial charge in [-0.1, -0.05) is 36.4 Å². The van der Waals surface area contributed by atoms with Gasteiger partial charge >= 0.3 is 12.1 Å². The molecule has 0 atom stereocenters. The van der Waals surface area contributed by atoms with Crippen LogP contribution in [-0.4, -0.2) is 5.97 Å². The lowest BCUT2D eigenvalue weighted by Gasteiger charge is -2.18. The van der Waals surface area contributed by atoms with Crippen LogP contribution in [0.4, 0.5) is 8.78 Å². The zero-order chi connectivity index (χ0) is 16.9. The Labute approximate surface area is 133 Å². The molecule has 0 fully saturated rings. The number of carbonyl (C=O) groups excluding carboxylic acids is 1. The molecule has 0 unspecified atom stereocenters. The van der Waals surface area contributed by atoms with Crippen LogP contribution in [0.25, 0.3) is 0 Å². The van der Waals surface area contributed by atoms with Crippen LogP contribution >= 0.6 is 0 Å². The van der Waals surface area contributed by atoms with Gasteiger partial charge in [0.2, 0.25) is 0 Å². The van der Waals surface area contributed by atoms with Crippen molar-refractivity contribution in [2.24, 2.45) is 0 Å². The van der Waals surface area contributed by atoms with E-state index in [0.717, 1.165) is 11.6 Å². The number of halogens is 2. The zero-order valence-corrected chi connectivity index (χ0v) is 12.6. The average Bonchev–Trinajstić information content (AvgIpc) is 2.55. The molecule has 0 aliphatic carbocycles. The fourth-order valence-corrected chi connectivity index (χ4v) is 1.82. The Hall–Kier alpha value is -2.69. The molecule has 0 amide bonds. The number of alkyl halides is 2. The Bertz CT molecular complexity index is 676. The molecule has 2 rings (SSSR count). The molecule has 0 aliphatic heterocycles. The standard InChI is InChI=1S/C18H16F2O3/c1-3-17(21)22-12-14-6-8-15(9-7-14)18(19,20)23-16-10-4-13(2)5-11-16/h3-11H,1,12H2,2H3. The van der Waals surface area contributed by atoms with E-state index in [2.05, 4.69) is 6.58 Å². The Balaban J connectivity index is 2.05. The van der Waals surface area contributed by atoms with E-state index in [1.54, 1.807) is 12.1 Å². The van der Waals surface area contributed by atoms with Gasteiger partial charge < -0.3 is 9.47 Å². The maximum absolute atomic E-state index is 14.1. The first kappa shape index (κ1) is 16.7. The summed E-state index contributed by atoms with van der Waals surface area (Å²) in [6.07, 6.45) is -2.41. The molecule has 2 aromatic carbocycles. The van der Waals surface area contributed by atoms with Crippen molar-refractivity contribution in [3.63, 3.8) is 0 Å². The van der Waals surface area contributed by atoms with Gasteiger partial charge in [-0.15, -0.1) is 0 Å². The maximum Gasteiger partial charge on any atom is 0.426 e. The van der Waals surface area contributed by atoms with Gasteiger partial charge in [-0.25, -0.2) is 4.79 Å². The predicted octanol–water partition coefficient (Wildman–Crippen LogP) is 4.35. The number of benzene rings is 2. The number of carbonyl (C=O) groups is 1. The van der Waals surface area contributed by atoms with Crippen LogP contribution in [-0.2, 0) is 22.2 Å². The largest absolute Gasteiger partial charge is 0.458 e. The normalized spacial score (nSPS) is 10.9. The Kier molecular flexibility index (Phi) is 5.11. The summed E-state index contributed by atoms with van der Waals surface area (Å²) < 4.78 is 37.8. The van der Waals surface area contributed by atoms with Crippen LogP contribution in [0, 0.1) is 6.92 Å². The highest BCUT2D eigenvalue weighted by Crippen LogP contribution is 2.31. The molecule has 0 heterocycles. The summed E-state index contributed by atoms with van der Waals surface area (Å²) in [5.74, 6) is -0.480. The molecule has 23 heavy (non-hydrogen) atoms. The van der Waals surface area contributed by atoms with Gasteiger partial charge in [0.1, 0.15) is 12.4 Å². The molecular formula is C18H16F2O3. The lowest BCUT2D eigenvalue weighted by atomic mass is 10.1. The second-order valence-corrected chi connectivity index (χ2v) is 4.94. The Morgan fingerprint density at radius 2 is 1.74 bits per heavy atom. The lowest BCUT2D eigenvalue weighted by Crippen LogP contribution is -2.21. The predicted molar refractivity (Wildman–Crippen MR) is 82.1 cm³/mol. The van der Waals surface area contributed by atoms with Crippen LogP contribution in [0.15, 0.2) is 61.2 Å². The van der Waals surface area contributed by atoms with Crippen molar-refractivity contribution < 1.29 is 23.0 Å². The van der Waals surface area contributed by atoms with Crippen LogP contribution in [0.5, 0.6) is 5.75 Å². The summed E-state index contributed by atoms with van der Waals surface area (Å²) in [5, 5.41) is 0. The molecule has 0 radical (unpaired) electrons. The molecule has 0 N–H and O–H groups in total. The Morgan fingerprint density at radius 1 is 1.13 bits per heavy atom. The van der Waals surface area contributed by atoms with Crippen molar-refractivity contribution in [3.8, 4) is 5.75 Å². The van der Waals surface area contributed by atoms with Crippen LogP contribution in [0.1, 0.15) is 16.7 Å². The van der Waals surface area contributed by atoms with E-state index in [1.807, 2.05) is 6.92 Å². The number of ether oxygens (including phenoxy) is 2. The summed E-state index contributed by atoms with van der Waals surface area (Å²) in [4.78, 5) is 11.0. The van der Waals surface area contributed by atoms with Crippen molar-refractivity contribution >= 4 is 5.97 Å².